The van der Waals surface area contributed by atoms with Crippen LogP contribution in [-0.2, 0) is 25.6 Å². The zero-order valence-electron chi connectivity index (χ0n) is 21.3. The van der Waals surface area contributed by atoms with E-state index in [4.69, 9.17) is 5.73 Å². The molecule has 9 heteroatoms. The van der Waals surface area contributed by atoms with Crippen LogP contribution in [-0.4, -0.2) is 56.4 Å². The number of rotatable bonds is 7. The Balaban J connectivity index is 0.00000441. The molecule has 3 atom stereocenters. The third-order valence-corrected chi connectivity index (χ3v) is 7.70. The smallest absolute Gasteiger partial charge is 0.225 e. The van der Waals surface area contributed by atoms with E-state index in [2.05, 4.69) is 0 Å². The number of Topliss-reactive ketones (excluding diaryl/α,β-unsaturated/α-hetero) is 2. The molecule has 1 saturated carbocycles. The number of phenols is 1. The number of amides is 1. The van der Waals surface area contributed by atoms with E-state index in [1.807, 2.05) is 30.4 Å². The van der Waals surface area contributed by atoms with Crippen molar-refractivity contribution >= 4 is 35.1 Å². The molecule has 0 aliphatic heterocycles. The Labute approximate surface area is 226 Å². The highest BCUT2D eigenvalue weighted by Crippen LogP contribution is 2.50. The lowest BCUT2D eigenvalue weighted by molar-refractivity contribution is -0.159. The van der Waals surface area contributed by atoms with Crippen LogP contribution in [0.15, 0.2) is 59.7 Å². The van der Waals surface area contributed by atoms with Crippen LogP contribution in [0.4, 0.5) is 0 Å². The second-order valence-electron chi connectivity index (χ2n) is 10.1. The number of benzene rings is 1. The van der Waals surface area contributed by atoms with Gasteiger partial charge in [0.25, 0.3) is 0 Å². The minimum absolute atomic E-state index is 0. The number of ketones is 2. The first kappa shape index (κ1) is 27.9. The van der Waals surface area contributed by atoms with Crippen LogP contribution in [0.5, 0.6) is 5.75 Å². The quantitative estimate of drug-likeness (QED) is 0.261. The monoisotopic (exact) mass is 535 g/mol. The van der Waals surface area contributed by atoms with Gasteiger partial charge in [-0.05, 0) is 66.4 Å². The molecular weight excluding hydrogens is 502 g/mol. The largest absolute Gasteiger partial charge is 0.507 e. The molecule has 1 amide bonds. The molecule has 1 aromatic rings. The number of carbonyl (C=O) groups is 4. The lowest BCUT2D eigenvalue weighted by Crippen LogP contribution is -2.59. The number of aliphatic hydroxyl groups excluding tert-OH is 2. The number of aldehydes is 1. The average Bonchev–Trinajstić information content (AvgIpc) is 2.89. The van der Waals surface area contributed by atoms with Gasteiger partial charge in [-0.15, -0.1) is 0 Å². The maximum atomic E-state index is 13.7. The van der Waals surface area contributed by atoms with Gasteiger partial charge in [0.05, 0.1) is 12.0 Å². The second-order valence-corrected chi connectivity index (χ2v) is 10.1. The SMILES string of the molecule is NC(=O)CC(=O)[C@@]1(O)C(=O)C2=C(O)c3c(O)ccc(/C4=C/C=C(/C=O)C/C=C\C=C/C4)c3CC2C[C@H]1CCO.[HH]. The van der Waals surface area contributed by atoms with Crippen molar-refractivity contribution in [2.45, 2.75) is 44.1 Å². The lowest BCUT2D eigenvalue weighted by Gasteiger charge is -2.44. The van der Waals surface area contributed by atoms with Crippen molar-refractivity contribution in [1.29, 1.82) is 0 Å². The number of fused-ring (bicyclic) bond motifs is 2. The molecule has 0 spiro atoms. The van der Waals surface area contributed by atoms with Gasteiger partial charge in [-0.3, -0.25) is 19.2 Å². The normalized spacial score (nSPS) is 29.1. The van der Waals surface area contributed by atoms with Gasteiger partial charge >= 0.3 is 0 Å². The topological polar surface area (TPSA) is 175 Å². The Morgan fingerprint density at radius 3 is 2.51 bits per heavy atom. The summed E-state index contributed by atoms with van der Waals surface area (Å²) < 4.78 is 0. The number of phenolic OH excluding ortho intramolecular Hbond substituents is 1. The van der Waals surface area contributed by atoms with Gasteiger partial charge in [0.1, 0.15) is 17.8 Å². The highest BCUT2D eigenvalue weighted by atomic mass is 16.3. The molecule has 1 unspecified atom stereocenters. The molecule has 1 aromatic carbocycles. The first-order valence-corrected chi connectivity index (χ1v) is 12.8. The van der Waals surface area contributed by atoms with E-state index < -0.39 is 53.7 Å². The molecule has 6 N–H and O–H groups in total. The van der Waals surface area contributed by atoms with Gasteiger partial charge in [-0.25, -0.2) is 0 Å². The highest BCUT2D eigenvalue weighted by molar-refractivity contribution is 6.23. The summed E-state index contributed by atoms with van der Waals surface area (Å²) >= 11 is 0. The van der Waals surface area contributed by atoms with Crippen LogP contribution < -0.4 is 5.73 Å². The van der Waals surface area contributed by atoms with E-state index in [0.29, 0.717) is 29.5 Å². The number of allylic oxidation sites excluding steroid dienone is 8. The number of aliphatic hydroxyl groups is 3. The van der Waals surface area contributed by atoms with Crippen molar-refractivity contribution in [2.75, 3.05) is 6.61 Å². The fourth-order valence-electron chi connectivity index (χ4n) is 5.80. The molecular formula is C30H33NO8. The maximum Gasteiger partial charge on any atom is 0.225 e. The van der Waals surface area contributed by atoms with Crippen molar-refractivity contribution in [1.82, 2.24) is 0 Å². The number of aromatic hydroxyl groups is 1. The number of nitrogens with two attached hydrogens (primary N) is 1. The summed E-state index contributed by atoms with van der Waals surface area (Å²) in [6, 6.07) is 3.11. The minimum atomic E-state index is -2.64. The third kappa shape index (κ3) is 5.15. The Morgan fingerprint density at radius 2 is 1.85 bits per heavy atom. The molecule has 39 heavy (non-hydrogen) atoms. The van der Waals surface area contributed by atoms with E-state index in [9.17, 15) is 39.6 Å². The lowest BCUT2D eigenvalue weighted by atomic mass is 9.60. The Bertz CT molecular complexity index is 1390. The van der Waals surface area contributed by atoms with Gasteiger partial charge in [0.2, 0.25) is 11.7 Å². The summed E-state index contributed by atoms with van der Waals surface area (Å²) in [5, 5.41) is 43.1. The zero-order valence-corrected chi connectivity index (χ0v) is 21.3. The average molecular weight is 536 g/mol. The van der Waals surface area contributed by atoms with Crippen LogP contribution in [0.3, 0.4) is 0 Å². The summed E-state index contributed by atoms with van der Waals surface area (Å²) in [4.78, 5) is 49.5. The molecule has 0 saturated heterocycles. The standard InChI is InChI=1S/C30H31NO8.H2/c31-25(36)15-24(35)30(39)20(11-12-32)13-19-14-22-21(9-10-23(34)27(22)28(37)26(19)29(30)38)18-6-4-2-1-3-5-17(16-33)7-8-18;/h1-4,7-10,16,19-20,32,34,37,39H,5-6,11-15H2,(H2,31,36);1H/b3-1-,4-2-,17-7+,18-8+;/t19?,20-,30-;/m1./s1. The molecule has 3 aliphatic rings. The molecule has 4 rings (SSSR count). The molecule has 1 fully saturated rings. The predicted octanol–water partition coefficient (Wildman–Crippen LogP) is 2.64. The van der Waals surface area contributed by atoms with Crippen LogP contribution in [0.1, 0.15) is 50.2 Å². The van der Waals surface area contributed by atoms with E-state index in [0.717, 1.165) is 11.9 Å². The molecule has 0 radical (unpaired) electrons. The van der Waals surface area contributed by atoms with Crippen molar-refractivity contribution in [3.63, 3.8) is 0 Å². The predicted molar refractivity (Wildman–Crippen MR) is 145 cm³/mol. The van der Waals surface area contributed by atoms with Crippen LogP contribution in [0.2, 0.25) is 0 Å². The number of carbonyl (C=O) groups excluding carboxylic acids is 4. The van der Waals surface area contributed by atoms with Gasteiger partial charge < -0.3 is 26.2 Å². The molecule has 0 aromatic heterocycles. The summed E-state index contributed by atoms with van der Waals surface area (Å²) in [5.41, 5.74) is 5.01. The Morgan fingerprint density at radius 1 is 1.13 bits per heavy atom. The van der Waals surface area contributed by atoms with Gasteiger partial charge in [-0.1, -0.05) is 42.5 Å². The Kier molecular flexibility index (Phi) is 8.13. The van der Waals surface area contributed by atoms with Crippen molar-refractivity contribution in [3.8, 4) is 5.75 Å². The molecule has 206 valence electrons. The first-order valence-electron chi connectivity index (χ1n) is 12.8. The van der Waals surface area contributed by atoms with Crippen LogP contribution in [0.25, 0.3) is 11.3 Å². The minimum Gasteiger partial charge on any atom is -0.507 e. The number of hydrogen-bond acceptors (Lipinski definition) is 8. The fourth-order valence-corrected chi connectivity index (χ4v) is 5.80. The van der Waals surface area contributed by atoms with Crippen molar-refractivity contribution in [3.05, 3.63) is 76.4 Å². The zero-order chi connectivity index (χ0) is 28.3. The summed E-state index contributed by atoms with van der Waals surface area (Å²) in [5.74, 6) is -5.61. The van der Waals surface area contributed by atoms with Gasteiger partial charge in [0.15, 0.2) is 11.4 Å². The number of primary amides is 1. The highest BCUT2D eigenvalue weighted by Gasteiger charge is 2.57. The summed E-state index contributed by atoms with van der Waals surface area (Å²) in [6.45, 7) is -0.413. The van der Waals surface area contributed by atoms with Crippen LogP contribution >= 0.6 is 0 Å². The summed E-state index contributed by atoms with van der Waals surface area (Å²) in [7, 11) is 0. The van der Waals surface area contributed by atoms with Crippen LogP contribution in [0, 0.1) is 11.8 Å². The first-order chi connectivity index (χ1) is 18.6. The summed E-state index contributed by atoms with van der Waals surface area (Å²) in [6.07, 6.45) is 12.1. The second kappa shape index (κ2) is 11.3. The van der Waals surface area contributed by atoms with Gasteiger partial charge in [0, 0.05) is 19.5 Å². The third-order valence-electron chi connectivity index (χ3n) is 7.70. The van der Waals surface area contributed by atoms with E-state index in [-0.39, 0.29) is 37.6 Å². The number of hydrogen-bond donors (Lipinski definition) is 5. The molecule has 0 bridgehead atoms. The van der Waals surface area contributed by atoms with Gasteiger partial charge in [-0.2, -0.15) is 0 Å². The molecule has 0 heterocycles. The van der Waals surface area contributed by atoms with E-state index in [1.54, 1.807) is 12.1 Å². The Hall–Kier alpha value is -4.08. The van der Waals surface area contributed by atoms with E-state index in [1.165, 1.54) is 6.07 Å². The van der Waals surface area contributed by atoms with E-state index >= 15 is 0 Å². The van der Waals surface area contributed by atoms with Crippen molar-refractivity contribution < 1.29 is 41.0 Å². The molecule has 3 aliphatic carbocycles. The maximum absolute atomic E-state index is 13.7. The van der Waals surface area contributed by atoms with Crippen molar-refractivity contribution in [2.24, 2.45) is 17.6 Å². The molecule has 9 nitrogen and oxygen atoms in total. The fraction of sp³-hybridized carbons (Fsp3) is 0.333.